The largest absolute Gasteiger partial charge is 0.418 e. The first-order valence-electron chi connectivity index (χ1n) is 9.41. The second-order valence-corrected chi connectivity index (χ2v) is 8.96. The number of amides is 2. The molecule has 10 heteroatoms. The van der Waals surface area contributed by atoms with E-state index in [0.717, 1.165) is 23.5 Å². The van der Waals surface area contributed by atoms with Gasteiger partial charge in [-0.05, 0) is 30.3 Å². The van der Waals surface area contributed by atoms with Crippen LogP contribution in [0.4, 0.5) is 28.9 Å². The molecule has 2 aromatic carbocycles. The summed E-state index contributed by atoms with van der Waals surface area (Å²) in [6.45, 7) is 5.72. The monoisotopic (exact) mass is 465 g/mol. The van der Waals surface area contributed by atoms with Gasteiger partial charge in [-0.15, -0.1) is 11.3 Å². The molecule has 0 aliphatic rings. The lowest BCUT2D eigenvalue weighted by molar-refractivity contribution is -0.136. The number of anilines is 2. The van der Waals surface area contributed by atoms with Gasteiger partial charge in [0, 0.05) is 11.1 Å². The second-order valence-electron chi connectivity index (χ2n) is 7.93. The van der Waals surface area contributed by atoms with Crippen molar-refractivity contribution in [3.63, 3.8) is 0 Å². The zero-order valence-electron chi connectivity index (χ0n) is 17.3. The highest BCUT2D eigenvalue weighted by molar-refractivity contribution is 7.13. The third kappa shape index (κ3) is 5.31. The van der Waals surface area contributed by atoms with E-state index in [2.05, 4.69) is 15.6 Å². The summed E-state index contributed by atoms with van der Waals surface area (Å²) in [6, 6.07) is 8.01. The van der Waals surface area contributed by atoms with Gasteiger partial charge in [-0.25, -0.2) is 9.37 Å². The molecule has 0 atom stereocenters. The van der Waals surface area contributed by atoms with Crippen LogP contribution in [-0.2, 0) is 11.6 Å². The van der Waals surface area contributed by atoms with Crippen LogP contribution in [0.3, 0.4) is 0 Å². The molecule has 3 rings (SSSR count). The summed E-state index contributed by atoms with van der Waals surface area (Å²) < 4.78 is 54.7. The number of hydrogen-bond acceptors (Lipinski definition) is 4. The topological polar surface area (TPSA) is 71.1 Å². The molecule has 1 heterocycles. The van der Waals surface area contributed by atoms with Gasteiger partial charge in [0.15, 0.2) is 0 Å². The molecular weight excluding hydrogens is 446 g/mol. The van der Waals surface area contributed by atoms with Gasteiger partial charge in [0.1, 0.15) is 10.7 Å². The molecule has 1 aromatic heterocycles. The van der Waals surface area contributed by atoms with Gasteiger partial charge in [0.2, 0.25) is 0 Å². The first kappa shape index (κ1) is 23.4. The van der Waals surface area contributed by atoms with Crippen molar-refractivity contribution in [3.8, 4) is 0 Å². The smallest absolute Gasteiger partial charge is 0.322 e. The van der Waals surface area contributed by atoms with Crippen LogP contribution in [0.1, 0.15) is 51.4 Å². The van der Waals surface area contributed by atoms with E-state index >= 15 is 0 Å². The fourth-order valence-electron chi connectivity index (χ4n) is 2.72. The molecule has 168 valence electrons. The lowest BCUT2D eigenvalue weighted by atomic mass is 9.98. The van der Waals surface area contributed by atoms with Crippen LogP contribution >= 0.6 is 11.3 Å². The van der Waals surface area contributed by atoms with Gasteiger partial charge in [-0.2, -0.15) is 13.2 Å². The van der Waals surface area contributed by atoms with E-state index < -0.39 is 35.1 Å². The van der Waals surface area contributed by atoms with Crippen molar-refractivity contribution >= 4 is 34.5 Å². The Morgan fingerprint density at radius 1 is 0.969 bits per heavy atom. The number of carbonyl (C=O) groups is 2. The van der Waals surface area contributed by atoms with Crippen LogP contribution in [-0.4, -0.2) is 16.8 Å². The van der Waals surface area contributed by atoms with E-state index in [0.29, 0.717) is 11.1 Å². The van der Waals surface area contributed by atoms with Crippen LogP contribution in [0.2, 0.25) is 0 Å². The molecule has 2 amide bonds. The lowest BCUT2D eigenvalue weighted by Crippen LogP contribution is -2.18. The van der Waals surface area contributed by atoms with Crippen molar-refractivity contribution in [1.82, 2.24) is 4.98 Å². The van der Waals surface area contributed by atoms with E-state index in [1.165, 1.54) is 30.5 Å². The number of hydrogen-bond donors (Lipinski definition) is 2. The Bertz CT molecular complexity index is 1170. The average molecular weight is 465 g/mol. The number of rotatable bonds is 4. The summed E-state index contributed by atoms with van der Waals surface area (Å²) >= 11 is 1.09. The first-order chi connectivity index (χ1) is 14.9. The van der Waals surface area contributed by atoms with Crippen LogP contribution in [0.5, 0.6) is 0 Å². The first-order valence-corrected chi connectivity index (χ1v) is 10.2. The fraction of sp³-hybridized carbons (Fsp3) is 0.227. The van der Waals surface area contributed by atoms with E-state index in [1.54, 1.807) is 0 Å². The molecule has 2 N–H and O–H groups in total. The lowest BCUT2D eigenvalue weighted by Gasteiger charge is -2.16. The summed E-state index contributed by atoms with van der Waals surface area (Å²) in [5.41, 5.74) is -2.44. The molecule has 0 fully saturated rings. The molecule has 0 aliphatic carbocycles. The van der Waals surface area contributed by atoms with Crippen molar-refractivity contribution < 1.29 is 27.2 Å². The molecule has 0 radical (unpaired) electrons. The van der Waals surface area contributed by atoms with Gasteiger partial charge in [-0.1, -0.05) is 32.9 Å². The Hall–Kier alpha value is -3.27. The molecule has 0 spiro atoms. The molecule has 0 bridgehead atoms. The molecule has 0 saturated heterocycles. The summed E-state index contributed by atoms with van der Waals surface area (Å²) in [5.74, 6) is -2.43. The molecule has 3 aromatic rings. The number of benzene rings is 2. The zero-order chi connectivity index (χ0) is 23.7. The van der Waals surface area contributed by atoms with E-state index in [9.17, 15) is 27.2 Å². The third-order valence-corrected chi connectivity index (χ3v) is 5.74. The molecule has 0 saturated carbocycles. The van der Waals surface area contributed by atoms with Crippen LogP contribution in [0.15, 0.2) is 48.7 Å². The van der Waals surface area contributed by atoms with Crippen LogP contribution < -0.4 is 10.6 Å². The SMILES string of the molecule is CC(C)(C)c1ncc(C(=O)Nc2ccc(NC(=O)c3ccccc3F)cc2C(F)(F)F)s1. The zero-order valence-corrected chi connectivity index (χ0v) is 18.1. The van der Waals surface area contributed by atoms with Crippen molar-refractivity contribution in [2.75, 3.05) is 10.6 Å². The predicted molar refractivity (Wildman–Crippen MR) is 115 cm³/mol. The summed E-state index contributed by atoms with van der Waals surface area (Å²) in [5, 5.41) is 5.17. The van der Waals surface area contributed by atoms with Gasteiger partial charge in [0.05, 0.1) is 28.0 Å². The van der Waals surface area contributed by atoms with E-state index in [4.69, 9.17) is 0 Å². The molecular formula is C22H19F4N3O2S. The van der Waals surface area contributed by atoms with Gasteiger partial charge in [0.25, 0.3) is 11.8 Å². The van der Waals surface area contributed by atoms with Crippen LogP contribution in [0.25, 0.3) is 0 Å². The Balaban J connectivity index is 1.86. The maximum absolute atomic E-state index is 13.8. The minimum Gasteiger partial charge on any atom is -0.322 e. The molecule has 5 nitrogen and oxygen atoms in total. The van der Waals surface area contributed by atoms with Crippen molar-refractivity contribution in [3.05, 3.63) is 75.5 Å². The Kier molecular flexibility index (Phi) is 6.36. The average Bonchev–Trinajstić information content (AvgIpc) is 3.19. The maximum atomic E-state index is 13.8. The van der Waals surface area contributed by atoms with E-state index in [1.807, 2.05) is 20.8 Å². The van der Waals surface area contributed by atoms with Crippen molar-refractivity contribution in [1.29, 1.82) is 0 Å². The summed E-state index contributed by atoms with van der Waals surface area (Å²) in [6.07, 6.45) is -3.50. The number of alkyl halides is 3. The number of nitrogens with one attached hydrogen (secondary N) is 2. The number of nitrogens with zero attached hydrogens (tertiary/aromatic N) is 1. The highest BCUT2D eigenvalue weighted by Crippen LogP contribution is 2.37. The molecule has 0 aliphatic heterocycles. The molecule has 32 heavy (non-hydrogen) atoms. The second kappa shape index (κ2) is 8.70. The van der Waals surface area contributed by atoms with Crippen molar-refractivity contribution in [2.24, 2.45) is 0 Å². The standard InChI is InChI=1S/C22H19F4N3O2S/c1-21(2,3)20-27-11-17(32-20)19(31)29-16-9-8-12(10-14(16)22(24,25)26)28-18(30)13-6-4-5-7-15(13)23/h4-11H,1-3H3,(H,28,30)(H,29,31). The van der Waals surface area contributed by atoms with Gasteiger partial charge < -0.3 is 10.6 Å². The predicted octanol–water partition coefficient (Wildman–Crippen LogP) is 6.10. The van der Waals surface area contributed by atoms with Crippen LogP contribution in [0, 0.1) is 5.82 Å². The highest BCUT2D eigenvalue weighted by Gasteiger charge is 2.35. The van der Waals surface area contributed by atoms with Crippen molar-refractivity contribution in [2.45, 2.75) is 32.4 Å². The molecule has 0 unspecified atom stereocenters. The Labute approximate surface area is 185 Å². The Morgan fingerprint density at radius 2 is 1.66 bits per heavy atom. The van der Waals surface area contributed by atoms with E-state index in [-0.39, 0.29) is 21.5 Å². The Morgan fingerprint density at radius 3 is 2.25 bits per heavy atom. The quantitative estimate of drug-likeness (QED) is 0.457. The number of aromatic nitrogens is 1. The normalized spacial score (nSPS) is 11.8. The minimum absolute atomic E-state index is 0.167. The minimum atomic E-state index is -4.81. The van der Waals surface area contributed by atoms with Gasteiger partial charge >= 0.3 is 6.18 Å². The highest BCUT2D eigenvalue weighted by atomic mass is 32.1. The van der Waals surface area contributed by atoms with Gasteiger partial charge in [-0.3, -0.25) is 9.59 Å². The number of thiazole rings is 1. The number of halogens is 4. The summed E-state index contributed by atoms with van der Waals surface area (Å²) in [7, 11) is 0. The third-order valence-electron chi connectivity index (χ3n) is 4.32. The fourth-order valence-corrected chi connectivity index (χ4v) is 3.59. The number of carbonyl (C=O) groups excluding carboxylic acids is 2. The maximum Gasteiger partial charge on any atom is 0.418 e. The summed E-state index contributed by atoms with van der Waals surface area (Å²) in [4.78, 5) is 29.0.